The van der Waals surface area contributed by atoms with E-state index < -0.39 is 6.10 Å². The first kappa shape index (κ1) is 14.0. The van der Waals surface area contributed by atoms with Crippen LogP contribution < -0.4 is 5.73 Å². The highest BCUT2D eigenvalue weighted by molar-refractivity contribution is 5.39. The third kappa shape index (κ3) is 5.68. The van der Waals surface area contributed by atoms with E-state index in [0.29, 0.717) is 18.9 Å². The molecule has 0 aliphatic rings. The number of rotatable bonds is 7. The van der Waals surface area contributed by atoms with Gasteiger partial charge in [-0.2, -0.15) is 0 Å². The highest BCUT2D eigenvalue weighted by Gasteiger charge is 2.07. The maximum atomic E-state index is 9.81. The molecule has 0 aliphatic heterocycles. The lowest BCUT2D eigenvalue weighted by Gasteiger charge is -2.12. The van der Waals surface area contributed by atoms with Gasteiger partial charge >= 0.3 is 0 Å². The summed E-state index contributed by atoms with van der Waals surface area (Å²) in [5.41, 5.74) is 7.06. The molecule has 1 unspecified atom stereocenters. The van der Waals surface area contributed by atoms with Crippen LogP contribution in [-0.4, -0.2) is 31.0 Å². The molecule has 1 aromatic rings. The van der Waals surface area contributed by atoms with Gasteiger partial charge < -0.3 is 20.3 Å². The van der Waals surface area contributed by atoms with Crippen LogP contribution in [0.5, 0.6) is 0 Å². The second kappa shape index (κ2) is 7.27. The zero-order valence-corrected chi connectivity index (χ0v) is 10.4. The van der Waals surface area contributed by atoms with Crippen molar-refractivity contribution in [2.75, 3.05) is 25.6 Å². The van der Waals surface area contributed by atoms with Crippen LogP contribution in [0.15, 0.2) is 24.3 Å². The first-order valence-electron chi connectivity index (χ1n) is 5.82. The average molecular weight is 239 g/mol. The van der Waals surface area contributed by atoms with Gasteiger partial charge in [0, 0.05) is 5.69 Å². The number of aliphatic hydroxyl groups is 1. The van der Waals surface area contributed by atoms with Crippen LogP contribution in [0, 0.1) is 0 Å². The van der Waals surface area contributed by atoms with Crippen molar-refractivity contribution in [1.82, 2.24) is 0 Å². The van der Waals surface area contributed by atoms with Gasteiger partial charge in [0.15, 0.2) is 0 Å². The molecule has 1 rings (SSSR count). The minimum Gasteiger partial charge on any atom is -0.399 e. The molecule has 0 aromatic heterocycles. The summed E-state index contributed by atoms with van der Waals surface area (Å²) < 4.78 is 10.6. The van der Waals surface area contributed by atoms with Crippen molar-refractivity contribution in [2.45, 2.75) is 26.1 Å². The molecule has 0 saturated heterocycles. The van der Waals surface area contributed by atoms with Gasteiger partial charge in [0.1, 0.15) is 6.10 Å². The number of nitrogen functional groups attached to an aromatic ring is 1. The Labute approximate surface area is 102 Å². The molecular formula is C13H21NO3. The van der Waals surface area contributed by atoms with Crippen LogP contribution in [-0.2, 0) is 9.47 Å². The van der Waals surface area contributed by atoms with Gasteiger partial charge in [0.05, 0.1) is 25.9 Å². The molecule has 0 aliphatic carbocycles. The number of hydrogen-bond acceptors (Lipinski definition) is 4. The van der Waals surface area contributed by atoms with E-state index in [1.807, 2.05) is 13.8 Å². The maximum Gasteiger partial charge on any atom is 0.102 e. The Bertz CT molecular complexity index is 311. The quantitative estimate of drug-likeness (QED) is 0.562. The van der Waals surface area contributed by atoms with E-state index in [4.69, 9.17) is 15.2 Å². The van der Waals surface area contributed by atoms with E-state index in [-0.39, 0.29) is 12.7 Å². The maximum absolute atomic E-state index is 9.81. The Morgan fingerprint density at radius 3 is 2.41 bits per heavy atom. The van der Waals surface area contributed by atoms with Gasteiger partial charge in [-0.3, -0.25) is 0 Å². The van der Waals surface area contributed by atoms with Crippen LogP contribution in [0.1, 0.15) is 25.5 Å². The van der Waals surface area contributed by atoms with Crippen molar-refractivity contribution in [3.63, 3.8) is 0 Å². The van der Waals surface area contributed by atoms with Crippen molar-refractivity contribution < 1.29 is 14.6 Å². The van der Waals surface area contributed by atoms with Gasteiger partial charge in [0.2, 0.25) is 0 Å². The predicted molar refractivity (Wildman–Crippen MR) is 67.7 cm³/mol. The van der Waals surface area contributed by atoms with Crippen LogP contribution in [0.4, 0.5) is 5.69 Å². The normalized spacial score (nSPS) is 12.9. The molecule has 96 valence electrons. The van der Waals surface area contributed by atoms with E-state index in [0.717, 1.165) is 5.56 Å². The van der Waals surface area contributed by atoms with Crippen LogP contribution in [0.3, 0.4) is 0 Å². The zero-order valence-electron chi connectivity index (χ0n) is 10.4. The first-order valence-corrected chi connectivity index (χ1v) is 5.82. The van der Waals surface area contributed by atoms with Gasteiger partial charge in [-0.25, -0.2) is 0 Å². The Hall–Kier alpha value is -1.10. The molecule has 4 nitrogen and oxygen atoms in total. The van der Waals surface area contributed by atoms with Gasteiger partial charge in [-0.15, -0.1) is 0 Å². The molecule has 0 saturated carbocycles. The van der Waals surface area contributed by atoms with E-state index >= 15 is 0 Å². The standard InChI is InChI=1S/C13H21NO3/c1-10(2)17-8-7-16-9-13(15)11-3-5-12(14)6-4-11/h3-6,10,13,15H,7-9,14H2,1-2H3. The summed E-state index contributed by atoms with van der Waals surface area (Å²) in [6.45, 7) is 5.26. The summed E-state index contributed by atoms with van der Waals surface area (Å²) in [5.74, 6) is 0. The van der Waals surface area contributed by atoms with Crippen molar-refractivity contribution in [3.8, 4) is 0 Å². The zero-order chi connectivity index (χ0) is 12.7. The fourth-order valence-corrected chi connectivity index (χ4v) is 1.35. The van der Waals surface area contributed by atoms with E-state index in [1.165, 1.54) is 0 Å². The summed E-state index contributed by atoms with van der Waals surface area (Å²) in [5, 5.41) is 9.81. The topological polar surface area (TPSA) is 64.7 Å². The summed E-state index contributed by atoms with van der Waals surface area (Å²) in [6, 6.07) is 7.13. The lowest BCUT2D eigenvalue weighted by atomic mass is 10.1. The van der Waals surface area contributed by atoms with Gasteiger partial charge in [0.25, 0.3) is 0 Å². The largest absolute Gasteiger partial charge is 0.399 e. The Morgan fingerprint density at radius 1 is 1.18 bits per heavy atom. The second-order valence-corrected chi connectivity index (χ2v) is 4.18. The molecule has 0 bridgehead atoms. The SMILES string of the molecule is CC(C)OCCOCC(O)c1ccc(N)cc1. The fourth-order valence-electron chi connectivity index (χ4n) is 1.35. The highest BCUT2D eigenvalue weighted by atomic mass is 16.5. The van der Waals surface area contributed by atoms with Gasteiger partial charge in [-0.05, 0) is 31.5 Å². The average Bonchev–Trinajstić information content (AvgIpc) is 2.29. The summed E-state index contributed by atoms with van der Waals surface area (Å²) >= 11 is 0. The van der Waals surface area contributed by atoms with Crippen LogP contribution >= 0.6 is 0 Å². The van der Waals surface area contributed by atoms with Crippen molar-refractivity contribution in [3.05, 3.63) is 29.8 Å². The fraction of sp³-hybridized carbons (Fsp3) is 0.538. The van der Waals surface area contributed by atoms with E-state index in [9.17, 15) is 5.11 Å². The van der Waals surface area contributed by atoms with Crippen LogP contribution in [0.25, 0.3) is 0 Å². The lowest BCUT2D eigenvalue weighted by molar-refractivity contribution is -0.0110. The van der Waals surface area contributed by atoms with Gasteiger partial charge in [-0.1, -0.05) is 12.1 Å². The second-order valence-electron chi connectivity index (χ2n) is 4.18. The summed E-state index contributed by atoms with van der Waals surface area (Å²) in [4.78, 5) is 0. The van der Waals surface area contributed by atoms with Crippen LogP contribution in [0.2, 0.25) is 0 Å². The number of aliphatic hydroxyl groups excluding tert-OH is 1. The molecular weight excluding hydrogens is 218 g/mol. The van der Waals surface area contributed by atoms with E-state index in [2.05, 4.69) is 0 Å². The van der Waals surface area contributed by atoms with Crippen molar-refractivity contribution in [1.29, 1.82) is 0 Å². The lowest BCUT2D eigenvalue weighted by Crippen LogP contribution is -2.13. The molecule has 0 spiro atoms. The Balaban J connectivity index is 2.21. The molecule has 17 heavy (non-hydrogen) atoms. The minimum atomic E-state index is -0.616. The smallest absolute Gasteiger partial charge is 0.102 e. The summed E-state index contributed by atoms with van der Waals surface area (Å²) in [7, 11) is 0. The molecule has 0 amide bonds. The third-order valence-corrected chi connectivity index (χ3v) is 2.28. The molecule has 1 atom stereocenters. The monoisotopic (exact) mass is 239 g/mol. The number of hydrogen-bond donors (Lipinski definition) is 2. The van der Waals surface area contributed by atoms with E-state index in [1.54, 1.807) is 24.3 Å². The van der Waals surface area contributed by atoms with Crippen molar-refractivity contribution in [2.24, 2.45) is 0 Å². The Morgan fingerprint density at radius 2 is 1.82 bits per heavy atom. The molecule has 1 aromatic carbocycles. The molecule has 0 heterocycles. The first-order chi connectivity index (χ1) is 8.09. The predicted octanol–water partition coefficient (Wildman–Crippen LogP) is 1.74. The number of benzene rings is 1. The number of anilines is 1. The minimum absolute atomic E-state index is 0.209. The molecule has 3 N–H and O–H groups in total. The molecule has 0 fully saturated rings. The number of ether oxygens (including phenoxy) is 2. The number of nitrogens with two attached hydrogens (primary N) is 1. The molecule has 4 heteroatoms. The third-order valence-electron chi connectivity index (χ3n) is 2.28. The Kier molecular flexibility index (Phi) is 5.97. The van der Waals surface area contributed by atoms with Crippen molar-refractivity contribution >= 4 is 5.69 Å². The summed E-state index contributed by atoms with van der Waals surface area (Å²) in [6.07, 6.45) is -0.407. The molecule has 0 radical (unpaired) electrons. The highest BCUT2D eigenvalue weighted by Crippen LogP contribution is 2.14.